The van der Waals surface area contributed by atoms with Crippen LogP contribution in [0.2, 0.25) is 0 Å². The summed E-state index contributed by atoms with van der Waals surface area (Å²) in [6.07, 6.45) is 0. The van der Waals surface area contributed by atoms with Crippen molar-refractivity contribution in [2.45, 2.75) is 6.61 Å². The van der Waals surface area contributed by atoms with E-state index in [0.717, 1.165) is 0 Å². The molecule has 102 valence electrons. The molecule has 2 aromatic rings. The van der Waals surface area contributed by atoms with E-state index < -0.39 is 16.6 Å². The normalized spacial score (nSPS) is 10.0. The summed E-state index contributed by atoms with van der Waals surface area (Å²) in [4.78, 5) is 21.0. The van der Waals surface area contributed by atoms with E-state index in [2.05, 4.69) is 0 Å². The molecule has 0 amide bonds. The summed E-state index contributed by atoms with van der Waals surface area (Å²) >= 11 is 0. The van der Waals surface area contributed by atoms with Crippen LogP contribution in [0.1, 0.15) is 15.9 Å². The molecule has 0 aliphatic rings. The summed E-state index contributed by atoms with van der Waals surface area (Å²) in [7, 11) is 0. The number of aromatic carboxylic acids is 1. The van der Waals surface area contributed by atoms with Crippen molar-refractivity contribution in [3.05, 3.63) is 69.8 Å². The van der Waals surface area contributed by atoms with E-state index in [9.17, 15) is 14.9 Å². The Morgan fingerprint density at radius 3 is 2.50 bits per heavy atom. The lowest BCUT2D eigenvalue weighted by Gasteiger charge is -2.06. The molecule has 6 heteroatoms. The van der Waals surface area contributed by atoms with E-state index in [1.807, 2.05) is 18.2 Å². The van der Waals surface area contributed by atoms with Gasteiger partial charge in [-0.1, -0.05) is 24.3 Å². The molecular formula is C14H11NO5. The van der Waals surface area contributed by atoms with Crippen LogP contribution in [0.3, 0.4) is 0 Å². The van der Waals surface area contributed by atoms with E-state index in [4.69, 9.17) is 9.84 Å². The minimum absolute atomic E-state index is 0.130. The van der Waals surface area contributed by atoms with Gasteiger partial charge in [0.1, 0.15) is 17.9 Å². The van der Waals surface area contributed by atoms with Gasteiger partial charge < -0.3 is 9.84 Å². The number of carbonyl (C=O) groups is 1. The molecule has 0 saturated heterocycles. The van der Waals surface area contributed by atoms with Crippen LogP contribution in [0, 0.1) is 10.1 Å². The molecular weight excluding hydrogens is 262 g/mol. The SMILES string of the molecule is O=C(O)c1ccc(COc2ccccc2)cc1[N+](=O)[O-]. The van der Waals surface area contributed by atoms with Crippen molar-refractivity contribution in [1.82, 2.24) is 0 Å². The second-order valence-corrected chi connectivity index (χ2v) is 4.02. The van der Waals surface area contributed by atoms with Crippen LogP contribution < -0.4 is 4.74 Å². The summed E-state index contributed by atoms with van der Waals surface area (Å²) in [5, 5.41) is 19.7. The monoisotopic (exact) mass is 273 g/mol. The minimum Gasteiger partial charge on any atom is -0.489 e. The van der Waals surface area contributed by atoms with Crippen LogP contribution in [0.5, 0.6) is 5.75 Å². The van der Waals surface area contributed by atoms with E-state index in [1.165, 1.54) is 18.2 Å². The topological polar surface area (TPSA) is 89.7 Å². The molecule has 20 heavy (non-hydrogen) atoms. The Labute approximate surface area is 114 Å². The molecule has 0 aromatic heterocycles. The molecule has 2 rings (SSSR count). The van der Waals surface area contributed by atoms with Gasteiger partial charge in [0.2, 0.25) is 0 Å². The molecule has 0 aliphatic heterocycles. The molecule has 0 radical (unpaired) electrons. The van der Waals surface area contributed by atoms with Crippen LogP contribution in [-0.4, -0.2) is 16.0 Å². The first-order valence-electron chi connectivity index (χ1n) is 5.76. The molecule has 0 spiro atoms. The number of ether oxygens (including phenoxy) is 1. The highest BCUT2D eigenvalue weighted by Gasteiger charge is 2.20. The highest BCUT2D eigenvalue weighted by atomic mass is 16.6. The third-order valence-corrected chi connectivity index (χ3v) is 2.64. The second-order valence-electron chi connectivity index (χ2n) is 4.02. The van der Waals surface area contributed by atoms with E-state index in [0.29, 0.717) is 11.3 Å². The van der Waals surface area contributed by atoms with Crippen LogP contribution in [0.15, 0.2) is 48.5 Å². The fourth-order valence-electron chi connectivity index (χ4n) is 1.68. The number of carboxylic acids is 1. The first-order chi connectivity index (χ1) is 9.58. The summed E-state index contributed by atoms with van der Waals surface area (Å²) < 4.78 is 5.46. The fraction of sp³-hybridized carbons (Fsp3) is 0.0714. The van der Waals surface area contributed by atoms with Crippen LogP contribution in [0.25, 0.3) is 0 Å². The van der Waals surface area contributed by atoms with Gasteiger partial charge in [0, 0.05) is 6.07 Å². The third kappa shape index (κ3) is 3.11. The predicted molar refractivity (Wildman–Crippen MR) is 70.8 cm³/mol. The number of hydrogen-bond acceptors (Lipinski definition) is 4. The fourth-order valence-corrected chi connectivity index (χ4v) is 1.68. The van der Waals surface area contributed by atoms with E-state index in [1.54, 1.807) is 12.1 Å². The number of rotatable bonds is 5. The maximum atomic E-state index is 10.9. The van der Waals surface area contributed by atoms with Gasteiger partial charge in [-0.25, -0.2) is 4.79 Å². The highest BCUT2D eigenvalue weighted by Crippen LogP contribution is 2.21. The van der Waals surface area contributed by atoms with Crippen molar-refractivity contribution >= 4 is 11.7 Å². The minimum atomic E-state index is -1.33. The number of nitro groups is 1. The van der Waals surface area contributed by atoms with E-state index >= 15 is 0 Å². The number of benzene rings is 2. The van der Waals surface area contributed by atoms with Gasteiger partial charge in [0.05, 0.1) is 4.92 Å². The third-order valence-electron chi connectivity index (χ3n) is 2.64. The lowest BCUT2D eigenvalue weighted by atomic mass is 10.1. The first kappa shape index (κ1) is 13.5. The lowest BCUT2D eigenvalue weighted by molar-refractivity contribution is -0.385. The zero-order valence-electron chi connectivity index (χ0n) is 10.4. The van der Waals surface area contributed by atoms with Gasteiger partial charge in [-0.15, -0.1) is 0 Å². The predicted octanol–water partition coefficient (Wildman–Crippen LogP) is 2.87. The molecule has 0 unspecified atom stereocenters. The Balaban J connectivity index is 2.19. The molecule has 0 heterocycles. The zero-order chi connectivity index (χ0) is 14.5. The van der Waals surface area contributed by atoms with Crippen molar-refractivity contribution in [1.29, 1.82) is 0 Å². The van der Waals surface area contributed by atoms with Crippen LogP contribution in [-0.2, 0) is 6.61 Å². The van der Waals surface area contributed by atoms with Gasteiger partial charge >= 0.3 is 5.97 Å². The smallest absolute Gasteiger partial charge is 0.342 e. The largest absolute Gasteiger partial charge is 0.489 e. The standard InChI is InChI=1S/C14H11NO5/c16-14(17)12-7-6-10(8-13(12)15(18)19)9-20-11-4-2-1-3-5-11/h1-8H,9H2,(H,16,17). The van der Waals surface area contributed by atoms with Crippen LogP contribution in [0.4, 0.5) is 5.69 Å². The van der Waals surface area contributed by atoms with Gasteiger partial charge in [-0.2, -0.15) is 0 Å². The summed E-state index contributed by atoms with van der Waals surface area (Å²) in [6, 6.07) is 12.9. The van der Waals surface area contributed by atoms with Crippen LogP contribution >= 0.6 is 0 Å². The quantitative estimate of drug-likeness (QED) is 0.668. The van der Waals surface area contributed by atoms with Crippen molar-refractivity contribution in [3.63, 3.8) is 0 Å². The Bertz CT molecular complexity index is 639. The number of para-hydroxylation sites is 1. The van der Waals surface area contributed by atoms with Gasteiger partial charge in [0.15, 0.2) is 0 Å². The average molecular weight is 273 g/mol. The molecule has 0 atom stereocenters. The maximum absolute atomic E-state index is 10.9. The Morgan fingerprint density at radius 1 is 1.20 bits per heavy atom. The van der Waals surface area contributed by atoms with E-state index in [-0.39, 0.29) is 12.2 Å². The van der Waals surface area contributed by atoms with Crippen molar-refractivity contribution in [2.75, 3.05) is 0 Å². The van der Waals surface area contributed by atoms with Gasteiger partial charge in [-0.3, -0.25) is 10.1 Å². The Kier molecular flexibility index (Phi) is 3.95. The lowest BCUT2D eigenvalue weighted by Crippen LogP contribution is -2.04. The average Bonchev–Trinajstić information content (AvgIpc) is 2.45. The first-order valence-corrected chi connectivity index (χ1v) is 5.76. The molecule has 0 fully saturated rings. The Morgan fingerprint density at radius 2 is 1.90 bits per heavy atom. The van der Waals surface area contributed by atoms with Gasteiger partial charge in [0.25, 0.3) is 5.69 Å². The molecule has 0 aliphatic carbocycles. The number of carboxylic acid groups (broad SMARTS) is 1. The number of nitro benzene ring substituents is 1. The molecule has 0 saturated carbocycles. The number of hydrogen-bond donors (Lipinski definition) is 1. The molecule has 1 N–H and O–H groups in total. The summed E-state index contributed by atoms with van der Waals surface area (Å²) in [5.41, 5.74) is -0.240. The zero-order valence-corrected chi connectivity index (χ0v) is 10.4. The Hall–Kier alpha value is -2.89. The van der Waals surface area contributed by atoms with Crippen molar-refractivity contribution < 1.29 is 19.6 Å². The van der Waals surface area contributed by atoms with Crippen molar-refractivity contribution in [3.8, 4) is 5.75 Å². The molecule has 6 nitrogen and oxygen atoms in total. The highest BCUT2D eigenvalue weighted by molar-refractivity contribution is 5.92. The summed E-state index contributed by atoms with van der Waals surface area (Å²) in [5.74, 6) is -0.690. The van der Waals surface area contributed by atoms with Crippen molar-refractivity contribution in [2.24, 2.45) is 0 Å². The van der Waals surface area contributed by atoms with Gasteiger partial charge in [-0.05, 0) is 23.8 Å². The summed E-state index contributed by atoms with van der Waals surface area (Å²) in [6.45, 7) is 0.130. The molecule has 0 bridgehead atoms. The maximum Gasteiger partial charge on any atom is 0.342 e. The number of nitrogens with zero attached hydrogens (tertiary/aromatic N) is 1. The second kappa shape index (κ2) is 5.83. The molecule has 2 aromatic carbocycles.